The summed E-state index contributed by atoms with van der Waals surface area (Å²) in [6.45, 7) is 2.04. The zero-order chi connectivity index (χ0) is 13.8. The monoisotopic (exact) mass is 323 g/mol. The number of rotatable bonds is 3. The van der Waals surface area contributed by atoms with Crippen molar-refractivity contribution in [1.29, 1.82) is 0 Å². The zero-order valence-corrected chi connectivity index (χ0v) is 11.7. The smallest absolute Gasteiger partial charge is 0.252 e. The van der Waals surface area contributed by atoms with Crippen LogP contribution >= 0.6 is 15.9 Å². The zero-order valence-electron chi connectivity index (χ0n) is 10.2. The van der Waals surface area contributed by atoms with Gasteiger partial charge in [-0.3, -0.25) is 4.79 Å². The average Bonchev–Trinajstić information content (AvgIpc) is 2.39. The molecule has 0 unspecified atom stereocenters. The minimum atomic E-state index is -0.453. The third-order valence-electron chi connectivity index (χ3n) is 2.44. The molecule has 0 saturated carbocycles. The number of nitrogens with zero attached hydrogens (tertiary/aromatic N) is 2. The quantitative estimate of drug-likeness (QED) is 0.944. The van der Waals surface area contributed by atoms with Gasteiger partial charge in [0.2, 0.25) is 0 Å². The van der Waals surface area contributed by atoms with Crippen molar-refractivity contribution in [2.24, 2.45) is 0 Å². The van der Waals surface area contributed by atoms with Gasteiger partial charge in [0.05, 0.1) is 17.8 Å². The molecule has 1 heterocycles. The standard InChI is InChI=1S/C13H11BrFN3O/c1-8-16-5-4-10(18-8)7-17-13(19)11-6-9(15)2-3-12(11)14/h2-6H,7H2,1H3,(H,17,19). The van der Waals surface area contributed by atoms with Crippen molar-refractivity contribution < 1.29 is 9.18 Å². The van der Waals surface area contributed by atoms with Crippen LogP contribution in [0.25, 0.3) is 0 Å². The first-order chi connectivity index (χ1) is 9.06. The van der Waals surface area contributed by atoms with Crippen LogP contribution in [0, 0.1) is 12.7 Å². The Labute approximate surface area is 118 Å². The first-order valence-electron chi connectivity index (χ1n) is 5.58. The van der Waals surface area contributed by atoms with Gasteiger partial charge in [-0.2, -0.15) is 0 Å². The van der Waals surface area contributed by atoms with Crippen LogP contribution in [0.4, 0.5) is 4.39 Å². The Hall–Kier alpha value is -1.82. The summed E-state index contributed by atoms with van der Waals surface area (Å²) in [5.74, 6) is -0.174. The molecule has 0 atom stereocenters. The highest BCUT2D eigenvalue weighted by molar-refractivity contribution is 9.10. The fourth-order valence-electron chi connectivity index (χ4n) is 1.54. The van der Waals surface area contributed by atoms with Crippen LogP contribution in [-0.2, 0) is 6.54 Å². The molecule has 6 heteroatoms. The Morgan fingerprint density at radius 1 is 1.42 bits per heavy atom. The van der Waals surface area contributed by atoms with Crippen molar-refractivity contribution in [1.82, 2.24) is 15.3 Å². The van der Waals surface area contributed by atoms with Gasteiger partial charge in [0.25, 0.3) is 5.91 Å². The molecule has 1 aromatic carbocycles. The Balaban J connectivity index is 2.07. The highest BCUT2D eigenvalue weighted by Gasteiger charge is 2.11. The highest BCUT2D eigenvalue weighted by atomic mass is 79.9. The normalized spacial score (nSPS) is 10.3. The maximum Gasteiger partial charge on any atom is 0.252 e. The van der Waals surface area contributed by atoms with E-state index in [0.717, 1.165) is 0 Å². The van der Waals surface area contributed by atoms with E-state index in [1.54, 1.807) is 19.2 Å². The second-order valence-corrected chi connectivity index (χ2v) is 4.76. The summed E-state index contributed by atoms with van der Waals surface area (Å²) >= 11 is 3.22. The van der Waals surface area contributed by atoms with Gasteiger partial charge in [-0.05, 0) is 47.1 Å². The molecule has 19 heavy (non-hydrogen) atoms. The molecule has 0 bridgehead atoms. The molecular weight excluding hydrogens is 313 g/mol. The summed E-state index contributed by atoms with van der Waals surface area (Å²) in [6, 6.07) is 5.69. The maximum absolute atomic E-state index is 13.1. The fraction of sp³-hybridized carbons (Fsp3) is 0.154. The lowest BCUT2D eigenvalue weighted by Crippen LogP contribution is -2.24. The number of hydrogen-bond donors (Lipinski definition) is 1. The molecule has 4 nitrogen and oxygen atoms in total. The molecular formula is C13H11BrFN3O. The molecule has 2 rings (SSSR count). The first-order valence-corrected chi connectivity index (χ1v) is 6.37. The van der Waals surface area contributed by atoms with E-state index >= 15 is 0 Å². The predicted molar refractivity (Wildman–Crippen MR) is 72.0 cm³/mol. The van der Waals surface area contributed by atoms with Gasteiger partial charge in [-0.1, -0.05) is 0 Å². The van der Waals surface area contributed by atoms with Crippen molar-refractivity contribution in [2.75, 3.05) is 0 Å². The minimum Gasteiger partial charge on any atom is -0.346 e. The van der Waals surface area contributed by atoms with Crippen LogP contribution in [0.15, 0.2) is 34.9 Å². The van der Waals surface area contributed by atoms with Crippen LogP contribution < -0.4 is 5.32 Å². The van der Waals surface area contributed by atoms with E-state index in [0.29, 0.717) is 16.0 Å². The molecule has 0 radical (unpaired) electrons. The van der Waals surface area contributed by atoms with E-state index in [1.807, 2.05) is 0 Å². The summed E-state index contributed by atoms with van der Waals surface area (Å²) in [4.78, 5) is 20.1. The Bertz CT molecular complexity index is 619. The number of carbonyl (C=O) groups is 1. The van der Waals surface area contributed by atoms with Crippen molar-refractivity contribution >= 4 is 21.8 Å². The first kappa shape index (κ1) is 13.6. The number of aromatic nitrogens is 2. The second kappa shape index (κ2) is 5.88. The third-order valence-corrected chi connectivity index (χ3v) is 3.13. The maximum atomic E-state index is 13.1. The highest BCUT2D eigenvalue weighted by Crippen LogP contribution is 2.17. The molecule has 0 aliphatic heterocycles. The van der Waals surface area contributed by atoms with E-state index in [9.17, 15) is 9.18 Å². The predicted octanol–water partition coefficient (Wildman–Crippen LogP) is 2.62. The lowest BCUT2D eigenvalue weighted by molar-refractivity contribution is 0.0949. The molecule has 0 saturated heterocycles. The summed E-state index contributed by atoms with van der Waals surface area (Å²) in [5, 5.41) is 2.68. The molecule has 0 aliphatic carbocycles. The SMILES string of the molecule is Cc1nccc(CNC(=O)c2cc(F)ccc2Br)n1. The Morgan fingerprint density at radius 2 is 2.21 bits per heavy atom. The van der Waals surface area contributed by atoms with Crippen LogP contribution in [0.3, 0.4) is 0 Å². The lowest BCUT2D eigenvalue weighted by atomic mass is 10.2. The second-order valence-electron chi connectivity index (χ2n) is 3.90. The van der Waals surface area contributed by atoms with Crippen LogP contribution in [0.1, 0.15) is 21.9 Å². The van der Waals surface area contributed by atoms with E-state index in [-0.39, 0.29) is 18.0 Å². The van der Waals surface area contributed by atoms with E-state index in [1.165, 1.54) is 18.2 Å². The van der Waals surface area contributed by atoms with Crippen LogP contribution in [0.5, 0.6) is 0 Å². The van der Waals surface area contributed by atoms with Crippen molar-refractivity contribution in [3.8, 4) is 0 Å². The van der Waals surface area contributed by atoms with Gasteiger partial charge < -0.3 is 5.32 Å². The number of benzene rings is 1. The fourth-order valence-corrected chi connectivity index (χ4v) is 1.97. The largest absolute Gasteiger partial charge is 0.346 e. The summed E-state index contributed by atoms with van der Waals surface area (Å²) in [7, 11) is 0. The van der Waals surface area contributed by atoms with Gasteiger partial charge in [-0.15, -0.1) is 0 Å². The van der Waals surface area contributed by atoms with Crippen molar-refractivity contribution in [2.45, 2.75) is 13.5 Å². The lowest BCUT2D eigenvalue weighted by Gasteiger charge is -2.07. The number of amides is 1. The Morgan fingerprint density at radius 3 is 2.95 bits per heavy atom. The minimum absolute atomic E-state index is 0.255. The average molecular weight is 324 g/mol. The molecule has 1 aromatic heterocycles. The third kappa shape index (κ3) is 3.57. The van der Waals surface area contributed by atoms with E-state index in [2.05, 4.69) is 31.2 Å². The number of aryl methyl sites for hydroxylation is 1. The van der Waals surface area contributed by atoms with Gasteiger partial charge in [0.15, 0.2) is 0 Å². The number of nitrogens with one attached hydrogen (secondary N) is 1. The van der Waals surface area contributed by atoms with Gasteiger partial charge in [-0.25, -0.2) is 14.4 Å². The Kier molecular flexibility index (Phi) is 4.21. The molecule has 0 aliphatic rings. The van der Waals surface area contributed by atoms with Gasteiger partial charge >= 0.3 is 0 Å². The summed E-state index contributed by atoms with van der Waals surface area (Å²) in [5.41, 5.74) is 0.958. The molecule has 2 aromatic rings. The summed E-state index contributed by atoms with van der Waals surface area (Å²) < 4.78 is 13.6. The van der Waals surface area contributed by atoms with Crippen LogP contribution in [0.2, 0.25) is 0 Å². The molecule has 98 valence electrons. The molecule has 1 N–H and O–H groups in total. The topological polar surface area (TPSA) is 54.9 Å². The van der Waals surface area contributed by atoms with E-state index in [4.69, 9.17) is 0 Å². The van der Waals surface area contributed by atoms with Gasteiger partial charge in [0, 0.05) is 10.7 Å². The van der Waals surface area contributed by atoms with Crippen molar-refractivity contribution in [3.05, 3.63) is 57.8 Å². The number of carbonyl (C=O) groups excluding carboxylic acids is 1. The van der Waals surface area contributed by atoms with Crippen LogP contribution in [-0.4, -0.2) is 15.9 Å². The molecule has 0 spiro atoms. The number of halogens is 2. The number of hydrogen-bond acceptors (Lipinski definition) is 3. The van der Waals surface area contributed by atoms with Crippen molar-refractivity contribution in [3.63, 3.8) is 0 Å². The van der Waals surface area contributed by atoms with E-state index < -0.39 is 5.82 Å². The molecule has 0 fully saturated rings. The van der Waals surface area contributed by atoms with Gasteiger partial charge in [0.1, 0.15) is 11.6 Å². The summed E-state index contributed by atoms with van der Waals surface area (Å²) in [6.07, 6.45) is 1.63. The molecule has 1 amide bonds.